The summed E-state index contributed by atoms with van der Waals surface area (Å²) in [7, 11) is 0. The van der Waals surface area contributed by atoms with E-state index in [1.807, 2.05) is 0 Å². The highest BCUT2D eigenvalue weighted by atomic mass is 16.6. The first kappa shape index (κ1) is 12.3. The van der Waals surface area contributed by atoms with Crippen LogP contribution in [-0.2, 0) is 4.74 Å². The standard InChI is InChI=1S/C11H13NO4/c1-3-16-7-11(13)9-5-4-8(2)10(6-9)12(14)15/h4-6H,3,7H2,1-2H3. The van der Waals surface area contributed by atoms with Crippen LogP contribution in [0, 0.1) is 17.0 Å². The van der Waals surface area contributed by atoms with E-state index in [0.29, 0.717) is 17.7 Å². The molecule has 5 heteroatoms. The number of hydrogen-bond acceptors (Lipinski definition) is 4. The molecule has 0 aromatic heterocycles. The molecular weight excluding hydrogens is 210 g/mol. The molecule has 0 N–H and O–H groups in total. The number of ether oxygens (including phenoxy) is 1. The Hall–Kier alpha value is -1.75. The van der Waals surface area contributed by atoms with Crippen LogP contribution < -0.4 is 0 Å². The quantitative estimate of drug-likeness (QED) is 0.435. The first-order valence-electron chi connectivity index (χ1n) is 4.92. The van der Waals surface area contributed by atoms with Crippen LogP contribution in [0.3, 0.4) is 0 Å². The summed E-state index contributed by atoms with van der Waals surface area (Å²) in [5, 5.41) is 10.7. The van der Waals surface area contributed by atoms with Gasteiger partial charge >= 0.3 is 0 Å². The summed E-state index contributed by atoms with van der Waals surface area (Å²) in [4.78, 5) is 21.7. The second kappa shape index (κ2) is 5.37. The van der Waals surface area contributed by atoms with Crippen LogP contribution >= 0.6 is 0 Å². The van der Waals surface area contributed by atoms with Gasteiger partial charge in [-0.2, -0.15) is 0 Å². The highest BCUT2D eigenvalue weighted by Crippen LogP contribution is 2.19. The monoisotopic (exact) mass is 223 g/mol. The lowest BCUT2D eigenvalue weighted by Crippen LogP contribution is -2.09. The molecule has 0 aliphatic heterocycles. The third-order valence-electron chi connectivity index (χ3n) is 2.17. The molecule has 0 saturated heterocycles. The van der Waals surface area contributed by atoms with E-state index in [-0.39, 0.29) is 18.1 Å². The normalized spacial score (nSPS) is 10.1. The van der Waals surface area contributed by atoms with Crippen LogP contribution in [-0.4, -0.2) is 23.9 Å². The summed E-state index contributed by atoms with van der Waals surface area (Å²) in [5.41, 5.74) is 0.811. The van der Waals surface area contributed by atoms with Gasteiger partial charge in [-0.25, -0.2) is 0 Å². The van der Waals surface area contributed by atoms with Crippen molar-refractivity contribution in [2.45, 2.75) is 13.8 Å². The van der Waals surface area contributed by atoms with Crippen LogP contribution in [0.4, 0.5) is 5.69 Å². The number of nitro benzene ring substituents is 1. The Labute approximate surface area is 93.2 Å². The van der Waals surface area contributed by atoms with E-state index in [2.05, 4.69) is 0 Å². The minimum Gasteiger partial charge on any atom is -0.374 e. The molecule has 0 unspecified atom stereocenters. The highest BCUT2D eigenvalue weighted by molar-refractivity contribution is 5.97. The maximum atomic E-state index is 11.5. The molecule has 1 aromatic rings. The zero-order chi connectivity index (χ0) is 12.1. The van der Waals surface area contributed by atoms with Gasteiger partial charge in [0.05, 0.1) is 4.92 Å². The molecular formula is C11H13NO4. The number of ketones is 1. The fourth-order valence-electron chi connectivity index (χ4n) is 1.26. The highest BCUT2D eigenvalue weighted by Gasteiger charge is 2.14. The third kappa shape index (κ3) is 2.87. The van der Waals surface area contributed by atoms with Crippen LogP contribution in [0.2, 0.25) is 0 Å². The number of aryl methyl sites for hydroxylation is 1. The van der Waals surface area contributed by atoms with E-state index in [1.165, 1.54) is 6.07 Å². The molecule has 5 nitrogen and oxygen atoms in total. The molecule has 0 fully saturated rings. The zero-order valence-electron chi connectivity index (χ0n) is 9.23. The summed E-state index contributed by atoms with van der Waals surface area (Å²) in [6.45, 7) is 3.82. The van der Waals surface area contributed by atoms with Crippen molar-refractivity contribution < 1.29 is 14.5 Å². The Bertz CT molecular complexity index is 414. The zero-order valence-corrected chi connectivity index (χ0v) is 9.23. The maximum absolute atomic E-state index is 11.5. The molecule has 0 aliphatic carbocycles. The van der Waals surface area contributed by atoms with Crippen molar-refractivity contribution in [3.8, 4) is 0 Å². The van der Waals surface area contributed by atoms with Crippen LogP contribution in [0.5, 0.6) is 0 Å². The van der Waals surface area contributed by atoms with Gasteiger partial charge in [-0.1, -0.05) is 12.1 Å². The molecule has 0 atom stereocenters. The van der Waals surface area contributed by atoms with E-state index in [9.17, 15) is 14.9 Å². The van der Waals surface area contributed by atoms with Crippen molar-refractivity contribution in [1.82, 2.24) is 0 Å². The van der Waals surface area contributed by atoms with E-state index < -0.39 is 4.92 Å². The van der Waals surface area contributed by atoms with Crippen LogP contribution in [0.25, 0.3) is 0 Å². The van der Waals surface area contributed by atoms with Crippen LogP contribution in [0.1, 0.15) is 22.8 Å². The fraction of sp³-hybridized carbons (Fsp3) is 0.364. The first-order chi connectivity index (χ1) is 7.56. The molecule has 0 amide bonds. The molecule has 16 heavy (non-hydrogen) atoms. The predicted molar refractivity (Wildman–Crippen MR) is 58.7 cm³/mol. The summed E-state index contributed by atoms with van der Waals surface area (Å²) in [5.74, 6) is -0.245. The molecule has 0 spiro atoms. The minimum absolute atomic E-state index is 0.0395. The number of benzene rings is 1. The van der Waals surface area contributed by atoms with Gasteiger partial charge in [0.2, 0.25) is 0 Å². The van der Waals surface area contributed by atoms with E-state index >= 15 is 0 Å². The van der Waals surface area contributed by atoms with Crippen molar-refractivity contribution in [3.63, 3.8) is 0 Å². The van der Waals surface area contributed by atoms with Crippen molar-refractivity contribution in [2.75, 3.05) is 13.2 Å². The van der Waals surface area contributed by atoms with Crippen molar-refractivity contribution in [3.05, 3.63) is 39.4 Å². The number of nitrogens with zero attached hydrogens (tertiary/aromatic N) is 1. The van der Waals surface area contributed by atoms with Gasteiger partial charge in [0.1, 0.15) is 6.61 Å². The SMILES string of the molecule is CCOCC(=O)c1ccc(C)c([N+](=O)[O-])c1. The minimum atomic E-state index is -0.493. The molecule has 1 aromatic carbocycles. The molecule has 0 radical (unpaired) electrons. The maximum Gasteiger partial charge on any atom is 0.273 e. The van der Waals surface area contributed by atoms with Crippen molar-refractivity contribution >= 4 is 11.5 Å². The Balaban J connectivity index is 2.94. The lowest BCUT2D eigenvalue weighted by Gasteiger charge is -2.02. The molecule has 86 valence electrons. The Morgan fingerprint density at radius 1 is 1.50 bits per heavy atom. The van der Waals surface area contributed by atoms with Crippen molar-refractivity contribution in [1.29, 1.82) is 0 Å². The average Bonchev–Trinajstić information content (AvgIpc) is 2.26. The Morgan fingerprint density at radius 2 is 2.19 bits per heavy atom. The summed E-state index contributed by atoms with van der Waals surface area (Å²) in [6.07, 6.45) is 0. The van der Waals surface area contributed by atoms with E-state index in [4.69, 9.17) is 4.74 Å². The van der Waals surface area contributed by atoms with Gasteiger partial charge in [-0.3, -0.25) is 14.9 Å². The lowest BCUT2D eigenvalue weighted by molar-refractivity contribution is -0.385. The Morgan fingerprint density at radius 3 is 2.75 bits per heavy atom. The van der Waals surface area contributed by atoms with Gasteiger partial charge in [0.25, 0.3) is 5.69 Å². The van der Waals surface area contributed by atoms with Gasteiger partial charge < -0.3 is 4.74 Å². The smallest absolute Gasteiger partial charge is 0.273 e. The fourth-order valence-corrected chi connectivity index (χ4v) is 1.26. The van der Waals surface area contributed by atoms with E-state index in [0.717, 1.165) is 0 Å². The Kier molecular flexibility index (Phi) is 4.13. The van der Waals surface area contributed by atoms with Gasteiger partial charge in [0, 0.05) is 23.8 Å². The average molecular weight is 223 g/mol. The second-order valence-corrected chi connectivity index (χ2v) is 3.32. The number of carbonyl (C=O) groups excluding carboxylic acids is 1. The van der Waals surface area contributed by atoms with Gasteiger partial charge in [-0.15, -0.1) is 0 Å². The number of Topliss-reactive ketones (excluding diaryl/α,β-unsaturated/α-hetero) is 1. The number of carbonyl (C=O) groups is 1. The first-order valence-corrected chi connectivity index (χ1v) is 4.92. The summed E-state index contributed by atoms with van der Waals surface area (Å²) >= 11 is 0. The lowest BCUT2D eigenvalue weighted by atomic mass is 10.1. The molecule has 0 saturated carbocycles. The number of hydrogen-bond donors (Lipinski definition) is 0. The van der Waals surface area contributed by atoms with Crippen LogP contribution in [0.15, 0.2) is 18.2 Å². The summed E-state index contributed by atoms with van der Waals surface area (Å²) in [6, 6.07) is 4.43. The topological polar surface area (TPSA) is 69.4 Å². The largest absolute Gasteiger partial charge is 0.374 e. The van der Waals surface area contributed by atoms with Gasteiger partial charge in [0.15, 0.2) is 5.78 Å². The molecule has 0 heterocycles. The molecule has 0 bridgehead atoms. The van der Waals surface area contributed by atoms with E-state index in [1.54, 1.807) is 26.0 Å². The third-order valence-corrected chi connectivity index (χ3v) is 2.17. The number of nitro groups is 1. The molecule has 0 aliphatic rings. The van der Waals surface area contributed by atoms with Gasteiger partial charge in [-0.05, 0) is 13.8 Å². The van der Waals surface area contributed by atoms with Crippen molar-refractivity contribution in [2.24, 2.45) is 0 Å². The molecule has 1 rings (SSSR count). The summed E-state index contributed by atoms with van der Waals surface area (Å²) < 4.78 is 4.96. The number of rotatable bonds is 5. The predicted octanol–water partition coefficient (Wildman–Crippen LogP) is 2.12. The second-order valence-electron chi connectivity index (χ2n) is 3.32.